The molecule has 10 heteroatoms. The highest BCUT2D eigenvalue weighted by Crippen LogP contribution is 2.28. The highest BCUT2D eigenvalue weighted by atomic mass is 35.5. The Morgan fingerprint density at radius 2 is 1.63 bits per heavy atom. The molecular formula is C28H31Cl2N3O4S. The number of nitrogens with zero attached hydrogens (tertiary/aromatic N) is 2. The number of hydrogen-bond donors (Lipinski definition) is 1. The average molecular weight is 577 g/mol. The van der Waals surface area contributed by atoms with Crippen LogP contribution in [0.4, 0.5) is 5.69 Å². The van der Waals surface area contributed by atoms with Gasteiger partial charge in [0.15, 0.2) is 0 Å². The van der Waals surface area contributed by atoms with Gasteiger partial charge in [-0.1, -0.05) is 72.1 Å². The van der Waals surface area contributed by atoms with E-state index in [0.717, 1.165) is 9.87 Å². The number of nitrogens with one attached hydrogen (secondary N) is 1. The summed E-state index contributed by atoms with van der Waals surface area (Å²) in [5.74, 6) is -0.917. The van der Waals surface area contributed by atoms with Crippen LogP contribution in [0.25, 0.3) is 0 Å². The fourth-order valence-corrected chi connectivity index (χ4v) is 6.06. The molecule has 3 aromatic rings. The lowest BCUT2D eigenvalue weighted by Crippen LogP contribution is -2.51. The van der Waals surface area contributed by atoms with Gasteiger partial charge in [-0.05, 0) is 61.7 Å². The number of benzene rings is 3. The van der Waals surface area contributed by atoms with Gasteiger partial charge in [-0.2, -0.15) is 0 Å². The van der Waals surface area contributed by atoms with Crippen LogP contribution in [-0.2, 0) is 26.2 Å². The van der Waals surface area contributed by atoms with Gasteiger partial charge in [0.05, 0.1) is 10.6 Å². The Labute approximate surface area is 234 Å². The molecule has 2 amide bonds. The average Bonchev–Trinajstić information content (AvgIpc) is 2.88. The van der Waals surface area contributed by atoms with Gasteiger partial charge < -0.3 is 10.2 Å². The van der Waals surface area contributed by atoms with Crippen LogP contribution in [0.5, 0.6) is 0 Å². The van der Waals surface area contributed by atoms with Crippen molar-refractivity contribution in [2.24, 2.45) is 0 Å². The fraction of sp³-hybridized carbons (Fsp3) is 0.286. The SMILES string of the molecule is CCC(C(=O)NC)N(Cc1ccc(Cl)cc1Cl)C(=O)CN(c1ccccc1C)S(=O)(=O)c1ccc(C)cc1. The van der Waals surface area contributed by atoms with Crippen LogP contribution < -0.4 is 9.62 Å². The topological polar surface area (TPSA) is 86.8 Å². The van der Waals surface area contributed by atoms with Crippen molar-refractivity contribution in [2.75, 3.05) is 17.9 Å². The van der Waals surface area contributed by atoms with E-state index < -0.39 is 28.5 Å². The third kappa shape index (κ3) is 6.67. The fourth-order valence-electron chi connectivity index (χ4n) is 4.11. The maximum atomic E-state index is 13.9. The normalized spacial score (nSPS) is 12.1. The third-order valence-corrected chi connectivity index (χ3v) is 8.62. The number of likely N-dealkylation sites (N-methyl/N-ethyl adjacent to an activating group) is 1. The van der Waals surface area contributed by atoms with Crippen molar-refractivity contribution in [1.29, 1.82) is 0 Å². The standard InChI is InChI=1S/C28H31Cl2N3O4S/c1-5-25(28(35)31-4)32(17-21-12-13-22(29)16-24(21)30)27(34)18-33(26-9-7-6-8-20(26)3)38(36,37)23-14-10-19(2)11-15-23/h6-16,25H,5,17-18H2,1-4H3,(H,31,35). The van der Waals surface area contributed by atoms with Crippen molar-refractivity contribution < 1.29 is 18.0 Å². The second kappa shape index (κ2) is 12.7. The molecule has 0 saturated carbocycles. The minimum absolute atomic E-state index is 0.00699. The van der Waals surface area contributed by atoms with E-state index >= 15 is 0 Å². The third-order valence-electron chi connectivity index (χ3n) is 6.26. The molecule has 1 unspecified atom stereocenters. The van der Waals surface area contributed by atoms with Gasteiger partial charge in [0.2, 0.25) is 11.8 Å². The lowest BCUT2D eigenvalue weighted by Gasteiger charge is -2.33. The molecule has 202 valence electrons. The number of hydrogen-bond acceptors (Lipinski definition) is 4. The zero-order chi connectivity index (χ0) is 28.0. The highest BCUT2D eigenvalue weighted by molar-refractivity contribution is 7.92. The number of anilines is 1. The molecule has 0 bridgehead atoms. The minimum Gasteiger partial charge on any atom is -0.357 e. The predicted octanol–water partition coefficient (Wildman–Crippen LogP) is 5.36. The van der Waals surface area contributed by atoms with Crippen molar-refractivity contribution in [3.05, 3.63) is 93.5 Å². The van der Waals surface area contributed by atoms with Crippen LogP contribution in [0.15, 0.2) is 71.6 Å². The Kier molecular flexibility index (Phi) is 9.82. The molecule has 7 nitrogen and oxygen atoms in total. The van der Waals surface area contributed by atoms with Crippen LogP contribution in [0, 0.1) is 13.8 Å². The smallest absolute Gasteiger partial charge is 0.264 e. The molecule has 0 aliphatic rings. The van der Waals surface area contributed by atoms with Crippen molar-refractivity contribution in [3.63, 3.8) is 0 Å². The van der Waals surface area contributed by atoms with E-state index in [-0.39, 0.29) is 17.3 Å². The number of para-hydroxylation sites is 1. The van der Waals surface area contributed by atoms with Gasteiger partial charge in [-0.25, -0.2) is 8.42 Å². The first-order valence-corrected chi connectivity index (χ1v) is 14.3. The number of carbonyl (C=O) groups is 2. The van der Waals surface area contributed by atoms with Crippen LogP contribution in [-0.4, -0.2) is 44.8 Å². The van der Waals surface area contributed by atoms with E-state index in [1.165, 1.54) is 24.1 Å². The number of rotatable bonds is 10. The molecule has 1 N–H and O–H groups in total. The van der Waals surface area contributed by atoms with Crippen molar-refractivity contribution in [1.82, 2.24) is 10.2 Å². The Morgan fingerprint density at radius 3 is 2.21 bits per heavy atom. The molecule has 0 aliphatic carbocycles. The minimum atomic E-state index is -4.13. The summed E-state index contributed by atoms with van der Waals surface area (Å²) in [5, 5.41) is 3.37. The molecule has 0 fully saturated rings. The second-order valence-electron chi connectivity index (χ2n) is 8.91. The van der Waals surface area contributed by atoms with Gasteiger partial charge in [-0.15, -0.1) is 0 Å². The number of sulfonamides is 1. The first-order valence-electron chi connectivity index (χ1n) is 12.1. The van der Waals surface area contributed by atoms with E-state index in [4.69, 9.17) is 23.2 Å². The van der Waals surface area contributed by atoms with Crippen LogP contribution >= 0.6 is 23.2 Å². The summed E-state index contributed by atoms with van der Waals surface area (Å²) in [6.07, 6.45) is 0.311. The molecule has 3 aromatic carbocycles. The second-order valence-corrected chi connectivity index (χ2v) is 11.6. The summed E-state index contributed by atoms with van der Waals surface area (Å²) >= 11 is 12.4. The summed E-state index contributed by atoms with van der Waals surface area (Å²) < 4.78 is 28.8. The molecule has 1 atom stereocenters. The van der Waals surface area contributed by atoms with E-state index in [0.29, 0.717) is 33.3 Å². The molecule has 0 aromatic heterocycles. The molecule has 0 saturated heterocycles. The lowest BCUT2D eigenvalue weighted by molar-refractivity contribution is -0.140. The Hall–Kier alpha value is -3.07. The number of halogens is 2. The van der Waals surface area contributed by atoms with Gasteiger partial charge >= 0.3 is 0 Å². The first-order chi connectivity index (χ1) is 18.0. The molecule has 38 heavy (non-hydrogen) atoms. The zero-order valence-electron chi connectivity index (χ0n) is 21.7. The molecule has 0 heterocycles. The van der Waals surface area contributed by atoms with Crippen molar-refractivity contribution in [2.45, 2.75) is 44.7 Å². The van der Waals surface area contributed by atoms with Gasteiger partial charge in [0, 0.05) is 23.6 Å². The molecule has 3 rings (SSSR count). The summed E-state index contributed by atoms with van der Waals surface area (Å²) in [6.45, 7) is 4.91. The highest BCUT2D eigenvalue weighted by Gasteiger charge is 2.34. The quantitative estimate of drug-likeness (QED) is 0.352. The number of amides is 2. The van der Waals surface area contributed by atoms with E-state index in [1.807, 2.05) is 6.92 Å². The molecule has 0 aliphatic heterocycles. The van der Waals surface area contributed by atoms with Crippen LogP contribution in [0.3, 0.4) is 0 Å². The lowest BCUT2D eigenvalue weighted by atomic mass is 10.1. The van der Waals surface area contributed by atoms with Gasteiger partial charge in [-0.3, -0.25) is 13.9 Å². The van der Waals surface area contributed by atoms with Crippen molar-refractivity contribution in [3.8, 4) is 0 Å². The van der Waals surface area contributed by atoms with Crippen LogP contribution in [0.2, 0.25) is 10.0 Å². The maximum absolute atomic E-state index is 13.9. The zero-order valence-corrected chi connectivity index (χ0v) is 24.1. The van der Waals surface area contributed by atoms with E-state index in [9.17, 15) is 18.0 Å². The van der Waals surface area contributed by atoms with E-state index in [1.54, 1.807) is 68.4 Å². The largest absolute Gasteiger partial charge is 0.357 e. The summed E-state index contributed by atoms with van der Waals surface area (Å²) in [5.41, 5.74) is 2.54. The summed E-state index contributed by atoms with van der Waals surface area (Å²) in [4.78, 5) is 28.2. The van der Waals surface area contributed by atoms with Gasteiger partial charge in [0.25, 0.3) is 10.0 Å². The summed E-state index contributed by atoms with van der Waals surface area (Å²) in [6, 6.07) is 17.4. The molecule has 0 radical (unpaired) electrons. The summed E-state index contributed by atoms with van der Waals surface area (Å²) in [7, 11) is -2.63. The Bertz CT molecular complexity index is 1410. The Balaban J connectivity index is 2.09. The number of carbonyl (C=O) groups excluding carboxylic acids is 2. The molecule has 0 spiro atoms. The molecular weight excluding hydrogens is 545 g/mol. The van der Waals surface area contributed by atoms with Crippen molar-refractivity contribution >= 4 is 50.7 Å². The monoisotopic (exact) mass is 575 g/mol. The van der Waals surface area contributed by atoms with Gasteiger partial charge in [0.1, 0.15) is 12.6 Å². The predicted molar refractivity (Wildman–Crippen MR) is 152 cm³/mol. The van der Waals surface area contributed by atoms with E-state index in [2.05, 4.69) is 5.32 Å². The Morgan fingerprint density at radius 1 is 0.974 bits per heavy atom. The van der Waals surface area contributed by atoms with Crippen LogP contribution in [0.1, 0.15) is 30.0 Å². The first kappa shape index (κ1) is 29.5. The maximum Gasteiger partial charge on any atom is 0.264 e. The number of aryl methyl sites for hydroxylation is 2.